The molecule has 1 aromatic rings. The van der Waals surface area contributed by atoms with Crippen molar-refractivity contribution in [3.05, 3.63) is 16.1 Å². The smallest absolute Gasteiger partial charge is 0.213 e. The van der Waals surface area contributed by atoms with Gasteiger partial charge in [-0.1, -0.05) is 0 Å². The molecule has 0 bridgehead atoms. The second kappa shape index (κ2) is 4.03. The highest BCUT2D eigenvalue weighted by Crippen LogP contribution is 2.12. The van der Waals surface area contributed by atoms with Crippen LogP contribution in [0.4, 0.5) is 0 Å². The summed E-state index contributed by atoms with van der Waals surface area (Å²) in [5, 5.41) is 8.31. The van der Waals surface area contributed by atoms with Gasteiger partial charge < -0.3 is 5.73 Å². The highest BCUT2D eigenvalue weighted by molar-refractivity contribution is 7.09. The van der Waals surface area contributed by atoms with E-state index in [2.05, 4.69) is 9.98 Å². The Balaban J connectivity index is 2.59. The van der Waals surface area contributed by atoms with Crippen molar-refractivity contribution < 1.29 is 5.21 Å². The van der Waals surface area contributed by atoms with Crippen LogP contribution in [-0.2, 0) is 6.54 Å². The van der Waals surface area contributed by atoms with E-state index in [1.165, 1.54) is 11.3 Å². The fourth-order valence-corrected chi connectivity index (χ4v) is 1.37. The van der Waals surface area contributed by atoms with Gasteiger partial charge in [-0.05, 0) is 6.92 Å². The molecule has 0 spiro atoms. The molecule has 0 saturated carbocycles. The first-order valence-corrected chi connectivity index (χ1v) is 4.21. The molecule has 0 aliphatic carbocycles. The second-order valence-corrected chi connectivity index (χ2v) is 3.11. The molecule has 4 N–H and O–H groups in total. The Hall–Kier alpha value is -1.14. The van der Waals surface area contributed by atoms with Crippen molar-refractivity contribution in [2.75, 3.05) is 0 Å². The van der Waals surface area contributed by atoms with E-state index < -0.39 is 0 Å². The first-order valence-electron chi connectivity index (χ1n) is 3.33. The number of aryl methyl sites for hydroxylation is 1. The van der Waals surface area contributed by atoms with Crippen molar-refractivity contribution in [1.82, 2.24) is 10.5 Å². The number of nitrogens with zero attached hydrogens (tertiary/aromatic N) is 2. The monoisotopic (exact) mass is 186 g/mol. The van der Waals surface area contributed by atoms with E-state index in [-0.39, 0.29) is 5.96 Å². The third kappa shape index (κ3) is 2.18. The van der Waals surface area contributed by atoms with Crippen molar-refractivity contribution in [3.63, 3.8) is 0 Å². The zero-order valence-corrected chi connectivity index (χ0v) is 7.43. The molecule has 0 aliphatic heterocycles. The molecule has 0 radical (unpaired) electrons. The summed E-state index contributed by atoms with van der Waals surface area (Å²) in [7, 11) is 0. The number of nitrogens with one attached hydrogen (secondary N) is 1. The summed E-state index contributed by atoms with van der Waals surface area (Å²) in [4.78, 5) is 8.94. The topological polar surface area (TPSA) is 83.5 Å². The zero-order chi connectivity index (χ0) is 8.97. The number of hydrogen-bond acceptors (Lipinski definition) is 4. The number of hydrogen-bond donors (Lipinski definition) is 3. The van der Waals surface area contributed by atoms with Gasteiger partial charge in [0.25, 0.3) is 0 Å². The fraction of sp³-hybridized carbons (Fsp3) is 0.333. The molecule has 0 saturated heterocycles. The zero-order valence-electron chi connectivity index (χ0n) is 6.61. The van der Waals surface area contributed by atoms with Crippen LogP contribution in [0.2, 0.25) is 0 Å². The molecule has 12 heavy (non-hydrogen) atoms. The van der Waals surface area contributed by atoms with Gasteiger partial charge in [0, 0.05) is 4.88 Å². The Bertz CT molecular complexity index is 283. The van der Waals surface area contributed by atoms with Gasteiger partial charge >= 0.3 is 0 Å². The number of aliphatic imine (C=N–C) groups is 1. The van der Waals surface area contributed by atoms with E-state index >= 15 is 0 Å². The first-order chi connectivity index (χ1) is 5.74. The van der Waals surface area contributed by atoms with Crippen LogP contribution >= 0.6 is 11.3 Å². The quantitative estimate of drug-likeness (QED) is 0.351. The fourth-order valence-electron chi connectivity index (χ4n) is 0.670. The van der Waals surface area contributed by atoms with Gasteiger partial charge in [-0.2, -0.15) is 0 Å². The summed E-state index contributed by atoms with van der Waals surface area (Å²) in [6.45, 7) is 2.36. The van der Waals surface area contributed by atoms with E-state index in [1.54, 1.807) is 11.0 Å². The molecule has 1 heterocycles. The molecule has 0 aliphatic rings. The van der Waals surface area contributed by atoms with Crippen LogP contribution in [0.1, 0.15) is 10.6 Å². The lowest BCUT2D eigenvalue weighted by molar-refractivity contribution is 0.232. The average molecular weight is 186 g/mol. The average Bonchev–Trinajstić information content (AvgIpc) is 2.47. The van der Waals surface area contributed by atoms with Gasteiger partial charge in [0.05, 0.1) is 17.7 Å². The third-order valence-electron chi connectivity index (χ3n) is 1.35. The van der Waals surface area contributed by atoms with Crippen molar-refractivity contribution in [2.24, 2.45) is 10.7 Å². The molecule has 0 unspecified atom stereocenters. The molecular formula is C6H10N4OS. The summed E-state index contributed by atoms with van der Waals surface area (Å²) in [6, 6.07) is 0. The molecule has 5 nitrogen and oxygen atoms in total. The Morgan fingerprint density at radius 3 is 3.17 bits per heavy atom. The highest BCUT2D eigenvalue weighted by Gasteiger charge is 1.99. The lowest BCUT2D eigenvalue weighted by Crippen LogP contribution is -2.28. The maximum atomic E-state index is 8.31. The molecule has 1 rings (SSSR count). The van der Waals surface area contributed by atoms with E-state index in [1.807, 2.05) is 6.92 Å². The van der Waals surface area contributed by atoms with E-state index in [4.69, 9.17) is 10.9 Å². The largest absolute Gasteiger partial charge is 0.368 e. The van der Waals surface area contributed by atoms with Gasteiger partial charge in [-0.3, -0.25) is 5.21 Å². The number of nitrogens with two attached hydrogens (primary N) is 1. The number of guanidine groups is 1. The van der Waals surface area contributed by atoms with Crippen LogP contribution < -0.4 is 11.2 Å². The summed E-state index contributed by atoms with van der Waals surface area (Å²) in [6.07, 6.45) is 0. The predicted molar refractivity (Wildman–Crippen MR) is 47.1 cm³/mol. The summed E-state index contributed by atoms with van der Waals surface area (Å²) < 4.78 is 0. The lowest BCUT2D eigenvalue weighted by atomic mass is 10.4. The van der Waals surface area contributed by atoms with Gasteiger partial charge in [0.2, 0.25) is 5.96 Å². The first kappa shape index (κ1) is 8.95. The molecule has 0 fully saturated rings. The normalized spacial score (nSPS) is 11.7. The minimum absolute atomic E-state index is 0.0165. The van der Waals surface area contributed by atoms with Crippen molar-refractivity contribution in [3.8, 4) is 0 Å². The molecular weight excluding hydrogens is 176 g/mol. The van der Waals surface area contributed by atoms with Crippen molar-refractivity contribution in [2.45, 2.75) is 13.5 Å². The molecule has 0 amide bonds. The maximum absolute atomic E-state index is 8.31. The third-order valence-corrected chi connectivity index (χ3v) is 2.27. The highest BCUT2D eigenvalue weighted by atomic mass is 32.1. The van der Waals surface area contributed by atoms with Crippen LogP contribution in [-0.4, -0.2) is 16.2 Å². The Morgan fingerprint density at radius 1 is 1.92 bits per heavy atom. The van der Waals surface area contributed by atoms with Crippen LogP contribution in [0.3, 0.4) is 0 Å². The minimum atomic E-state index is 0.0165. The molecule has 6 heteroatoms. The number of hydroxylamine groups is 1. The Morgan fingerprint density at radius 2 is 2.67 bits per heavy atom. The molecule has 1 aromatic heterocycles. The van der Waals surface area contributed by atoms with Crippen molar-refractivity contribution in [1.29, 1.82) is 0 Å². The summed E-state index contributed by atoms with van der Waals surface area (Å²) >= 11 is 1.52. The van der Waals surface area contributed by atoms with Gasteiger partial charge in [0.1, 0.15) is 0 Å². The Labute approximate surface area is 73.9 Å². The molecule has 0 atom stereocenters. The van der Waals surface area contributed by atoms with E-state index in [9.17, 15) is 0 Å². The van der Waals surface area contributed by atoms with Crippen molar-refractivity contribution >= 4 is 17.3 Å². The molecule has 0 aromatic carbocycles. The molecule has 66 valence electrons. The summed E-state index contributed by atoms with van der Waals surface area (Å²) in [5.74, 6) is 0.0165. The number of rotatable bonds is 2. The van der Waals surface area contributed by atoms with E-state index in [0.29, 0.717) is 6.54 Å². The van der Waals surface area contributed by atoms with Crippen LogP contribution in [0.5, 0.6) is 0 Å². The maximum Gasteiger partial charge on any atom is 0.213 e. The van der Waals surface area contributed by atoms with Gasteiger partial charge in [-0.15, -0.1) is 11.3 Å². The van der Waals surface area contributed by atoms with Crippen LogP contribution in [0.25, 0.3) is 0 Å². The second-order valence-electron chi connectivity index (χ2n) is 2.17. The van der Waals surface area contributed by atoms with Crippen LogP contribution in [0, 0.1) is 6.92 Å². The Kier molecular flexibility index (Phi) is 3.01. The van der Waals surface area contributed by atoms with Gasteiger partial charge in [0.15, 0.2) is 0 Å². The minimum Gasteiger partial charge on any atom is -0.368 e. The lowest BCUT2D eigenvalue weighted by Gasteiger charge is -1.96. The summed E-state index contributed by atoms with van der Waals surface area (Å²) in [5.41, 5.74) is 9.68. The van der Waals surface area contributed by atoms with E-state index in [0.717, 1.165) is 10.6 Å². The van der Waals surface area contributed by atoms with Gasteiger partial charge in [-0.25, -0.2) is 15.5 Å². The standard InChI is InChI=1S/C6H10N4OS/c1-4-5(12-3-9-4)2-8-6(7)10-11/h3,11H,2H2,1H3,(H3,7,8,10). The number of thiazole rings is 1. The number of aromatic nitrogens is 1. The predicted octanol–water partition coefficient (Wildman–Crippen LogP) is 0.245. The SMILES string of the molecule is Cc1ncsc1CN=C(N)NO. The van der Waals surface area contributed by atoms with Crippen LogP contribution in [0.15, 0.2) is 10.5 Å².